The Morgan fingerprint density at radius 3 is 2.46 bits per heavy atom. The van der Waals surface area contributed by atoms with Crippen molar-refractivity contribution < 1.29 is 12.8 Å². The Balaban J connectivity index is 1.92. The molecule has 7 nitrogen and oxygen atoms in total. The molecule has 0 saturated carbocycles. The zero-order chi connectivity index (χ0) is 17.3. The van der Waals surface area contributed by atoms with E-state index in [4.69, 9.17) is 0 Å². The highest BCUT2D eigenvalue weighted by Crippen LogP contribution is 2.17. The first-order valence-corrected chi connectivity index (χ1v) is 8.48. The average molecular weight is 347 g/mol. The van der Waals surface area contributed by atoms with Crippen molar-refractivity contribution in [3.05, 3.63) is 59.9 Å². The Labute approximate surface area is 138 Å². The number of aryl methyl sites for hydroxylation is 2. The van der Waals surface area contributed by atoms with Crippen LogP contribution in [0.4, 0.5) is 10.3 Å². The largest absolute Gasteiger partial charge is 0.267 e. The first-order chi connectivity index (χ1) is 11.3. The monoisotopic (exact) mass is 347 g/mol. The fourth-order valence-electron chi connectivity index (χ4n) is 2.17. The number of halogens is 1. The number of nitrogens with zero attached hydrogens (tertiary/aromatic N) is 4. The van der Waals surface area contributed by atoms with Crippen molar-refractivity contribution >= 4 is 16.0 Å². The van der Waals surface area contributed by atoms with Crippen molar-refractivity contribution in [2.75, 3.05) is 4.72 Å². The molecule has 2 aromatic heterocycles. The molecule has 0 bridgehead atoms. The lowest BCUT2D eigenvalue weighted by atomic mass is 10.3. The van der Waals surface area contributed by atoms with Gasteiger partial charge in [0.1, 0.15) is 16.4 Å². The van der Waals surface area contributed by atoms with Crippen LogP contribution in [-0.2, 0) is 10.0 Å². The normalized spacial score (nSPS) is 11.5. The molecule has 2 heterocycles. The summed E-state index contributed by atoms with van der Waals surface area (Å²) in [6, 6.07) is 7.68. The van der Waals surface area contributed by atoms with Gasteiger partial charge in [-0.1, -0.05) is 12.1 Å². The van der Waals surface area contributed by atoms with Crippen LogP contribution in [0.5, 0.6) is 0 Å². The number of hydrogen-bond donors (Lipinski definition) is 1. The van der Waals surface area contributed by atoms with Gasteiger partial charge in [0, 0.05) is 11.4 Å². The third kappa shape index (κ3) is 3.25. The molecular formula is C15H14FN5O2S. The number of anilines is 1. The van der Waals surface area contributed by atoms with E-state index in [2.05, 4.69) is 19.8 Å². The summed E-state index contributed by atoms with van der Waals surface area (Å²) in [6.45, 7) is 3.48. The lowest BCUT2D eigenvalue weighted by molar-refractivity contribution is 0.600. The fourth-order valence-corrected chi connectivity index (χ4v) is 3.04. The van der Waals surface area contributed by atoms with Gasteiger partial charge in [0.15, 0.2) is 0 Å². The molecule has 0 unspecified atom stereocenters. The maximum atomic E-state index is 13.8. The van der Waals surface area contributed by atoms with Crippen molar-refractivity contribution in [1.82, 2.24) is 19.7 Å². The molecule has 24 heavy (non-hydrogen) atoms. The van der Waals surface area contributed by atoms with Gasteiger partial charge in [-0.05, 0) is 32.0 Å². The Hall–Kier alpha value is -2.81. The number of hydrogen-bond acceptors (Lipinski definition) is 5. The molecule has 3 aromatic rings. The predicted octanol–water partition coefficient (Wildman–Crippen LogP) is 2.22. The van der Waals surface area contributed by atoms with Crippen molar-refractivity contribution in [2.24, 2.45) is 0 Å². The summed E-state index contributed by atoms with van der Waals surface area (Å²) in [4.78, 5) is 7.95. The molecule has 124 valence electrons. The van der Waals surface area contributed by atoms with E-state index in [1.165, 1.54) is 18.3 Å². The number of aromatic nitrogens is 4. The summed E-state index contributed by atoms with van der Waals surface area (Å²) in [5, 5.41) is 3.91. The molecule has 0 aliphatic heterocycles. The summed E-state index contributed by atoms with van der Waals surface area (Å²) in [6.07, 6.45) is 2.36. The van der Waals surface area contributed by atoms with Gasteiger partial charge in [-0.3, -0.25) is 0 Å². The number of para-hydroxylation sites is 1. The Bertz CT molecular complexity index is 980. The van der Waals surface area contributed by atoms with Crippen LogP contribution < -0.4 is 4.72 Å². The molecule has 0 amide bonds. The minimum absolute atomic E-state index is 0.0221. The second kappa shape index (κ2) is 6.00. The predicted molar refractivity (Wildman–Crippen MR) is 85.8 cm³/mol. The molecule has 3 rings (SSSR count). The number of benzene rings is 1. The third-order valence-corrected chi connectivity index (χ3v) is 4.46. The first kappa shape index (κ1) is 16.1. The highest BCUT2D eigenvalue weighted by atomic mass is 32.2. The average Bonchev–Trinajstić information content (AvgIpc) is 2.96. The van der Waals surface area contributed by atoms with Crippen LogP contribution in [0.3, 0.4) is 0 Å². The quantitative estimate of drug-likeness (QED) is 0.781. The molecule has 1 N–H and O–H groups in total. The van der Waals surface area contributed by atoms with E-state index in [-0.39, 0.29) is 16.5 Å². The molecule has 0 spiro atoms. The van der Waals surface area contributed by atoms with Gasteiger partial charge >= 0.3 is 0 Å². The fraction of sp³-hybridized carbons (Fsp3) is 0.133. The Kier molecular flexibility index (Phi) is 4.02. The maximum Gasteiger partial charge on any atom is 0.267 e. The third-order valence-electron chi connectivity index (χ3n) is 3.18. The van der Waals surface area contributed by atoms with E-state index in [1.54, 1.807) is 32.0 Å². The molecule has 0 atom stereocenters. The van der Waals surface area contributed by atoms with E-state index >= 15 is 0 Å². The van der Waals surface area contributed by atoms with Crippen LogP contribution in [0.1, 0.15) is 11.4 Å². The lowest BCUT2D eigenvalue weighted by Gasteiger charge is -2.06. The number of sulfonamides is 1. The summed E-state index contributed by atoms with van der Waals surface area (Å²) in [5.41, 5.74) is 1.44. The van der Waals surface area contributed by atoms with Crippen LogP contribution >= 0.6 is 0 Å². The van der Waals surface area contributed by atoms with Gasteiger partial charge in [0.05, 0.1) is 12.4 Å². The molecule has 1 aromatic carbocycles. The van der Waals surface area contributed by atoms with E-state index < -0.39 is 15.8 Å². The van der Waals surface area contributed by atoms with E-state index in [0.29, 0.717) is 11.4 Å². The van der Waals surface area contributed by atoms with Crippen LogP contribution in [0.15, 0.2) is 47.6 Å². The van der Waals surface area contributed by atoms with Crippen molar-refractivity contribution in [3.63, 3.8) is 0 Å². The van der Waals surface area contributed by atoms with Crippen LogP contribution in [0.25, 0.3) is 5.69 Å². The summed E-state index contributed by atoms with van der Waals surface area (Å²) >= 11 is 0. The summed E-state index contributed by atoms with van der Waals surface area (Å²) in [5.74, 6) is -0.527. The van der Waals surface area contributed by atoms with E-state index in [1.807, 2.05) is 0 Å². The van der Waals surface area contributed by atoms with Crippen molar-refractivity contribution in [1.29, 1.82) is 0 Å². The molecule has 0 aliphatic rings. The second-order valence-electron chi connectivity index (χ2n) is 5.15. The molecule has 0 aliphatic carbocycles. The summed E-state index contributed by atoms with van der Waals surface area (Å²) in [7, 11) is -3.93. The molecule has 9 heteroatoms. The topological polar surface area (TPSA) is 89.8 Å². The minimum Gasteiger partial charge on any atom is -0.247 e. The maximum absolute atomic E-state index is 13.8. The van der Waals surface area contributed by atoms with Crippen molar-refractivity contribution in [2.45, 2.75) is 18.7 Å². The van der Waals surface area contributed by atoms with Gasteiger partial charge in [0.25, 0.3) is 10.0 Å². The van der Waals surface area contributed by atoms with E-state index in [0.717, 1.165) is 10.9 Å². The van der Waals surface area contributed by atoms with Gasteiger partial charge < -0.3 is 0 Å². The Morgan fingerprint density at radius 1 is 1.12 bits per heavy atom. The number of nitrogens with one attached hydrogen (secondary N) is 1. The highest BCUT2D eigenvalue weighted by Gasteiger charge is 2.19. The van der Waals surface area contributed by atoms with Gasteiger partial charge in [0.2, 0.25) is 5.95 Å². The molecular weight excluding hydrogens is 333 g/mol. The zero-order valence-electron chi connectivity index (χ0n) is 12.9. The van der Waals surface area contributed by atoms with Crippen LogP contribution in [0, 0.1) is 19.7 Å². The minimum atomic E-state index is -3.93. The van der Waals surface area contributed by atoms with Crippen molar-refractivity contribution in [3.8, 4) is 5.69 Å². The highest BCUT2D eigenvalue weighted by molar-refractivity contribution is 7.92. The SMILES string of the molecule is Cc1cc(C)nc(NS(=O)(=O)c2cnn(-c3ccccc3F)c2)n1. The molecule has 0 saturated heterocycles. The summed E-state index contributed by atoms with van der Waals surface area (Å²) < 4.78 is 42.1. The lowest BCUT2D eigenvalue weighted by Crippen LogP contribution is -2.15. The van der Waals surface area contributed by atoms with Crippen LogP contribution in [0.2, 0.25) is 0 Å². The standard InChI is InChI=1S/C15H14FN5O2S/c1-10-7-11(2)19-15(18-10)20-24(22,23)12-8-17-21(9-12)14-6-4-3-5-13(14)16/h3-9H,1-2H3,(H,18,19,20). The van der Waals surface area contributed by atoms with Gasteiger partial charge in [-0.25, -0.2) is 32.2 Å². The van der Waals surface area contributed by atoms with Gasteiger partial charge in [-0.2, -0.15) is 5.10 Å². The zero-order valence-corrected chi connectivity index (χ0v) is 13.7. The van der Waals surface area contributed by atoms with Gasteiger partial charge in [-0.15, -0.1) is 0 Å². The number of rotatable bonds is 4. The smallest absolute Gasteiger partial charge is 0.247 e. The molecule has 0 fully saturated rings. The Morgan fingerprint density at radius 2 is 1.79 bits per heavy atom. The van der Waals surface area contributed by atoms with Crippen LogP contribution in [-0.4, -0.2) is 28.2 Å². The molecule has 0 radical (unpaired) electrons. The van der Waals surface area contributed by atoms with E-state index in [9.17, 15) is 12.8 Å². The second-order valence-corrected chi connectivity index (χ2v) is 6.83. The first-order valence-electron chi connectivity index (χ1n) is 7.00.